The van der Waals surface area contributed by atoms with Crippen molar-refractivity contribution in [3.8, 4) is 5.75 Å². The first-order chi connectivity index (χ1) is 17.0. The number of halogens is 4. The van der Waals surface area contributed by atoms with Crippen molar-refractivity contribution >= 4 is 21.8 Å². The van der Waals surface area contributed by atoms with Crippen LogP contribution in [-0.2, 0) is 34.6 Å². The van der Waals surface area contributed by atoms with E-state index < -0.39 is 40.1 Å². The highest BCUT2D eigenvalue weighted by molar-refractivity contribution is 7.92. The molecule has 0 radical (unpaired) electrons. The predicted octanol–water partition coefficient (Wildman–Crippen LogP) is 3.68. The van der Waals surface area contributed by atoms with Crippen molar-refractivity contribution in [2.75, 3.05) is 23.9 Å². The van der Waals surface area contributed by atoms with Gasteiger partial charge < -0.3 is 4.74 Å². The molecule has 2 heterocycles. The van der Waals surface area contributed by atoms with Crippen LogP contribution in [-0.4, -0.2) is 45.0 Å². The number of benzene rings is 2. The molecular formula is C24H25F4N3O4S. The summed E-state index contributed by atoms with van der Waals surface area (Å²) in [6.45, 7) is 0.0861. The molecule has 3 aliphatic rings. The Morgan fingerprint density at radius 2 is 1.83 bits per heavy atom. The molecule has 12 heteroatoms. The van der Waals surface area contributed by atoms with Crippen molar-refractivity contribution in [2.24, 2.45) is 5.41 Å². The summed E-state index contributed by atoms with van der Waals surface area (Å²) < 4.78 is 89.4. The van der Waals surface area contributed by atoms with E-state index in [1.165, 1.54) is 0 Å². The van der Waals surface area contributed by atoms with Crippen molar-refractivity contribution in [1.29, 1.82) is 0 Å². The number of carbonyl (C=O) groups is 1. The minimum absolute atomic E-state index is 0.0161. The lowest BCUT2D eigenvalue weighted by Gasteiger charge is -2.32. The van der Waals surface area contributed by atoms with Crippen LogP contribution in [0.3, 0.4) is 0 Å². The molecule has 1 aliphatic carbocycles. The average Bonchev–Trinajstić information content (AvgIpc) is 3.57. The molecule has 0 spiro atoms. The molecule has 2 fully saturated rings. The van der Waals surface area contributed by atoms with E-state index in [9.17, 15) is 26.4 Å². The van der Waals surface area contributed by atoms with Crippen molar-refractivity contribution in [3.63, 3.8) is 0 Å². The molecule has 5 rings (SSSR count). The summed E-state index contributed by atoms with van der Waals surface area (Å²) in [5, 5.41) is 0. The zero-order valence-corrected chi connectivity index (χ0v) is 20.1. The highest BCUT2D eigenvalue weighted by atomic mass is 32.2. The maximum absolute atomic E-state index is 16.0. The molecule has 0 atom stereocenters. The Balaban J connectivity index is 1.44. The van der Waals surface area contributed by atoms with Crippen LogP contribution in [0.5, 0.6) is 5.75 Å². The van der Waals surface area contributed by atoms with Crippen molar-refractivity contribution in [1.82, 2.24) is 9.62 Å². The van der Waals surface area contributed by atoms with Gasteiger partial charge in [-0.15, -0.1) is 0 Å². The Hall–Kier alpha value is -2.86. The summed E-state index contributed by atoms with van der Waals surface area (Å²) in [6, 6.07) is 10.6. The maximum atomic E-state index is 16.0. The highest BCUT2D eigenvalue weighted by Crippen LogP contribution is 2.60. The average molecular weight is 528 g/mol. The van der Waals surface area contributed by atoms with Crippen molar-refractivity contribution < 1.29 is 35.5 Å². The van der Waals surface area contributed by atoms with Gasteiger partial charge in [0.15, 0.2) is 5.82 Å². The Kier molecular flexibility index (Phi) is 6.14. The number of ether oxygens (including phenoxy) is 1. The topological polar surface area (TPSA) is 79.0 Å². The predicted molar refractivity (Wildman–Crippen MR) is 123 cm³/mol. The second-order valence-corrected chi connectivity index (χ2v) is 11.1. The van der Waals surface area contributed by atoms with Gasteiger partial charge in [0.25, 0.3) is 5.91 Å². The van der Waals surface area contributed by atoms with Crippen molar-refractivity contribution in [3.05, 3.63) is 58.9 Å². The number of anilines is 1. The third-order valence-electron chi connectivity index (χ3n) is 7.15. The zero-order chi connectivity index (χ0) is 25.7. The smallest absolute Gasteiger partial charge is 0.394 e. The van der Waals surface area contributed by atoms with E-state index in [0.29, 0.717) is 22.8 Å². The van der Waals surface area contributed by atoms with Gasteiger partial charge >= 0.3 is 16.4 Å². The fourth-order valence-corrected chi connectivity index (χ4v) is 5.95. The Morgan fingerprint density at radius 1 is 1.11 bits per heavy atom. The van der Waals surface area contributed by atoms with Crippen LogP contribution in [0.1, 0.15) is 36.0 Å². The first-order valence-corrected chi connectivity index (χ1v) is 13.1. The first kappa shape index (κ1) is 24.8. The number of hydrogen-bond acceptors (Lipinski definition) is 5. The van der Waals surface area contributed by atoms with Gasteiger partial charge in [-0.1, -0.05) is 30.3 Å². The van der Waals surface area contributed by atoms with Crippen LogP contribution < -0.4 is 13.8 Å². The molecular weight excluding hydrogens is 502 g/mol. The van der Waals surface area contributed by atoms with E-state index >= 15 is 4.39 Å². The third-order valence-corrected chi connectivity index (χ3v) is 8.52. The molecule has 2 aromatic carbocycles. The zero-order valence-electron chi connectivity index (χ0n) is 19.3. The van der Waals surface area contributed by atoms with Gasteiger partial charge in [0.05, 0.1) is 5.41 Å². The number of amides is 1. The van der Waals surface area contributed by atoms with E-state index in [-0.39, 0.29) is 56.0 Å². The van der Waals surface area contributed by atoms with E-state index in [2.05, 4.69) is 0 Å². The van der Waals surface area contributed by atoms with Gasteiger partial charge in [-0.05, 0) is 49.4 Å². The number of hydrogen-bond donors (Lipinski definition) is 1. The lowest BCUT2D eigenvalue weighted by Crippen LogP contribution is -2.36. The maximum Gasteiger partial charge on any atom is 0.394 e. The van der Waals surface area contributed by atoms with Crippen LogP contribution in [0.15, 0.2) is 36.4 Å². The quantitative estimate of drug-likeness (QED) is 0.556. The van der Waals surface area contributed by atoms with Gasteiger partial charge in [0.1, 0.15) is 24.6 Å². The minimum atomic E-state index is -4.32. The van der Waals surface area contributed by atoms with E-state index in [0.717, 1.165) is 5.56 Å². The fourth-order valence-electron chi connectivity index (χ4n) is 4.79. The molecule has 0 aromatic heterocycles. The van der Waals surface area contributed by atoms with Gasteiger partial charge in [-0.25, -0.2) is 13.4 Å². The van der Waals surface area contributed by atoms with Gasteiger partial charge in [0, 0.05) is 18.7 Å². The summed E-state index contributed by atoms with van der Waals surface area (Å²) in [6.07, 6.45) is -3.73. The van der Waals surface area contributed by atoms with Crippen molar-refractivity contribution in [2.45, 2.75) is 45.0 Å². The largest absolute Gasteiger partial charge is 0.487 e. The molecule has 2 aliphatic heterocycles. The van der Waals surface area contributed by atoms with Crippen LogP contribution in [0, 0.1) is 11.2 Å². The normalized spacial score (nSPS) is 20.7. The monoisotopic (exact) mass is 527 g/mol. The number of nitrogens with zero attached hydrogens (tertiary/aromatic N) is 2. The summed E-state index contributed by atoms with van der Waals surface area (Å²) in [5.74, 6) is -1.67. The first-order valence-electron chi connectivity index (χ1n) is 11.6. The Bertz CT molecular complexity index is 1280. The molecule has 194 valence electrons. The molecule has 0 bridgehead atoms. The van der Waals surface area contributed by atoms with E-state index in [4.69, 9.17) is 4.74 Å². The van der Waals surface area contributed by atoms with Crippen LogP contribution in [0.2, 0.25) is 0 Å². The molecule has 1 amide bonds. The van der Waals surface area contributed by atoms with E-state index in [1.807, 2.05) is 10.8 Å². The fraction of sp³-hybridized carbons (Fsp3) is 0.458. The minimum Gasteiger partial charge on any atom is -0.487 e. The number of rotatable bonds is 7. The molecule has 1 saturated heterocycles. The summed E-state index contributed by atoms with van der Waals surface area (Å²) in [7, 11) is -4.32. The summed E-state index contributed by atoms with van der Waals surface area (Å²) >= 11 is 0. The number of alkyl halides is 3. The molecule has 1 saturated carbocycles. The Labute approximate surface area is 206 Å². The van der Waals surface area contributed by atoms with Gasteiger partial charge in [-0.3, -0.25) is 9.69 Å². The summed E-state index contributed by atoms with van der Waals surface area (Å²) in [5.41, 5.74) is -0.441. The number of carbonyl (C=O) groups excluding carboxylic acids is 1. The molecule has 1 N–H and O–H groups in total. The lowest BCUT2D eigenvalue weighted by molar-refractivity contribution is -0.189. The third kappa shape index (κ3) is 4.63. The Morgan fingerprint density at radius 3 is 2.44 bits per heavy atom. The second kappa shape index (κ2) is 8.91. The SMILES string of the molecule is O=C1CN(c2c(OCc3ccccc3)cc3c(c2F)CN(CCC2(C(F)(F)F)CC2)CC3)S(=O)(=O)N1. The van der Waals surface area contributed by atoms with Crippen LogP contribution in [0.25, 0.3) is 0 Å². The lowest BCUT2D eigenvalue weighted by atomic mass is 9.96. The standard InChI is InChI=1S/C24H25F4N3O4S/c25-21-18-13-30(11-9-23(7-8-23)24(26,27)28)10-6-17(18)12-19(35-15-16-4-2-1-3-5-16)22(21)31-14-20(32)29-36(31,33)34/h1-5,12H,6-11,13-15H2,(H,29,32). The highest BCUT2D eigenvalue weighted by Gasteiger charge is 2.62. The molecule has 2 aromatic rings. The second-order valence-electron chi connectivity index (χ2n) is 9.54. The van der Waals surface area contributed by atoms with Crippen LogP contribution >= 0.6 is 0 Å². The number of nitrogens with one attached hydrogen (secondary N) is 1. The molecule has 7 nitrogen and oxygen atoms in total. The van der Waals surface area contributed by atoms with Crippen LogP contribution in [0.4, 0.5) is 23.2 Å². The van der Waals surface area contributed by atoms with E-state index in [1.54, 1.807) is 35.2 Å². The van der Waals surface area contributed by atoms with Gasteiger partial charge in [0.2, 0.25) is 0 Å². The molecule has 36 heavy (non-hydrogen) atoms. The van der Waals surface area contributed by atoms with Gasteiger partial charge in [-0.2, -0.15) is 21.6 Å². The molecule has 0 unspecified atom stereocenters. The number of fused-ring (bicyclic) bond motifs is 1. The summed E-state index contributed by atoms with van der Waals surface area (Å²) in [4.78, 5) is 13.6.